The number of nitrogens with zero attached hydrogens (tertiary/aromatic N) is 1. The molecule has 4 heteroatoms. The van der Waals surface area contributed by atoms with Gasteiger partial charge in [-0.3, -0.25) is 4.79 Å². The van der Waals surface area contributed by atoms with Crippen LogP contribution in [0.25, 0.3) is 11.0 Å². The number of aromatic amines is 1. The predicted molar refractivity (Wildman–Crippen MR) is 49.4 cm³/mol. The minimum atomic E-state index is -0.833. The second-order valence-electron chi connectivity index (χ2n) is 2.44. The van der Waals surface area contributed by atoms with Crippen molar-refractivity contribution in [3.63, 3.8) is 0 Å². The first-order chi connectivity index (χ1) is 6.20. The molecule has 13 heavy (non-hydrogen) atoms. The Balaban J connectivity index is 0.000000184. The number of pyridine rings is 1. The maximum absolute atomic E-state index is 9.00. The molecule has 2 heterocycles. The molecule has 0 spiro atoms. The first-order valence-electron chi connectivity index (χ1n) is 3.78. The van der Waals surface area contributed by atoms with Gasteiger partial charge in [-0.15, -0.1) is 0 Å². The van der Waals surface area contributed by atoms with Crippen molar-refractivity contribution in [3.05, 3.63) is 30.6 Å². The van der Waals surface area contributed by atoms with E-state index >= 15 is 0 Å². The van der Waals surface area contributed by atoms with E-state index in [0.29, 0.717) is 0 Å². The van der Waals surface area contributed by atoms with Crippen LogP contribution in [-0.2, 0) is 4.79 Å². The number of carboxylic acids is 1. The molecule has 0 aliphatic carbocycles. The molecule has 2 rings (SSSR count). The van der Waals surface area contributed by atoms with Gasteiger partial charge in [0.05, 0.1) is 0 Å². The second-order valence-corrected chi connectivity index (χ2v) is 2.44. The van der Waals surface area contributed by atoms with Crippen LogP contribution in [0.15, 0.2) is 30.6 Å². The largest absolute Gasteiger partial charge is 0.481 e. The fourth-order valence-electron chi connectivity index (χ4n) is 0.883. The molecule has 2 aromatic heterocycles. The monoisotopic (exact) mass is 178 g/mol. The quantitative estimate of drug-likeness (QED) is 0.644. The maximum Gasteiger partial charge on any atom is 0.300 e. The Kier molecular flexibility index (Phi) is 3.03. The van der Waals surface area contributed by atoms with Crippen LogP contribution in [-0.4, -0.2) is 21.0 Å². The first-order valence-corrected chi connectivity index (χ1v) is 3.78. The van der Waals surface area contributed by atoms with Crippen LogP contribution in [0.3, 0.4) is 0 Å². The van der Waals surface area contributed by atoms with Gasteiger partial charge in [0.25, 0.3) is 5.97 Å². The second kappa shape index (κ2) is 4.25. The Morgan fingerprint density at radius 2 is 2.23 bits per heavy atom. The molecule has 68 valence electrons. The molecule has 0 radical (unpaired) electrons. The lowest BCUT2D eigenvalue weighted by Crippen LogP contribution is -1.78. The number of carboxylic acid groups (broad SMARTS) is 1. The molecule has 0 unspecified atom stereocenters. The Hall–Kier alpha value is -1.84. The van der Waals surface area contributed by atoms with Gasteiger partial charge in [0.1, 0.15) is 5.65 Å². The number of aliphatic carboxylic acids is 1. The molecule has 0 saturated heterocycles. The minimum Gasteiger partial charge on any atom is -0.481 e. The SMILES string of the molecule is CC(=O)O.c1cnc2[nH]ccc2c1. The lowest BCUT2D eigenvalue weighted by Gasteiger charge is -1.82. The highest BCUT2D eigenvalue weighted by Gasteiger charge is 1.88. The topological polar surface area (TPSA) is 66.0 Å². The van der Waals surface area contributed by atoms with E-state index in [4.69, 9.17) is 9.90 Å². The van der Waals surface area contributed by atoms with Gasteiger partial charge in [0, 0.05) is 24.7 Å². The zero-order valence-corrected chi connectivity index (χ0v) is 7.19. The molecule has 0 bridgehead atoms. The van der Waals surface area contributed by atoms with Gasteiger partial charge in [-0.05, 0) is 18.2 Å². The molecular weight excluding hydrogens is 168 g/mol. The fourth-order valence-corrected chi connectivity index (χ4v) is 0.883. The molecule has 0 amide bonds. The number of carbonyl (C=O) groups is 1. The average Bonchev–Trinajstić information content (AvgIpc) is 2.49. The molecule has 0 aliphatic heterocycles. The van der Waals surface area contributed by atoms with E-state index < -0.39 is 5.97 Å². The summed E-state index contributed by atoms with van der Waals surface area (Å²) >= 11 is 0. The molecule has 4 nitrogen and oxygen atoms in total. The van der Waals surface area contributed by atoms with E-state index in [-0.39, 0.29) is 0 Å². The molecule has 0 fully saturated rings. The summed E-state index contributed by atoms with van der Waals surface area (Å²) in [6, 6.07) is 5.96. The summed E-state index contributed by atoms with van der Waals surface area (Å²) in [5.74, 6) is -0.833. The van der Waals surface area contributed by atoms with Crippen molar-refractivity contribution in [2.24, 2.45) is 0 Å². The van der Waals surface area contributed by atoms with Gasteiger partial charge >= 0.3 is 0 Å². The summed E-state index contributed by atoms with van der Waals surface area (Å²) in [7, 11) is 0. The van der Waals surface area contributed by atoms with Crippen LogP contribution >= 0.6 is 0 Å². The van der Waals surface area contributed by atoms with Crippen molar-refractivity contribution in [1.82, 2.24) is 9.97 Å². The van der Waals surface area contributed by atoms with Crippen molar-refractivity contribution < 1.29 is 9.90 Å². The highest BCUT2D eigenvalue weighted by Crippen LogP contribution is 2.05. The zero-order valence-electron chi connectivity index (χ0n) is 7.19. The van der Waals surface area contributed by atoms with Crippen molar-refractivity contribution in [2.45, 2.75) is 6.92 Å². The summed E-state index contributed by atoms with van der Waals surface area (Å²) in [6.45, 7) is 1.08. The number of H-pyrrole nitrogens is 1. The van der Waals surface area contributed by atoms with Crippen molar-refractivity contribution >= 4 is 17.0 Å². The van der Waals surface area contributed by atoms with Crippen molar-refractivity contribution in [1.29, 1.82) is 0 Å². The molecule has 0 aliphatic rings. The third-order valence-electron chi connectivity index (χ3n) is 1.32. The van der Waals surface area contributed by atoms with Crippen molar-refractivity contribution in [2.75, 3.05) is 0 Å². The van der Waals surface area contributed by atoms with Gasteiger partial charge in [0.2, 0.25) is 0 Å². The standard InChI is InChI=1S/C7H6N2.C2H4O2/c1-2-6-3-5-9-7(6)8-4-1;1-2(3)4/h1-5H,(H,8,9);1H3,(H,3,4). The van der Waals surface area contributed by atoms with Crippen LogP contribution < -0.4 is 0 Å². The third kappa shape index (κ3) is 2.94. The van der Waals surface area contributed by atoms with Gasteiger partial charge in [-0.2, -0.15) is 0 Å². The Morgan fingerprint density at radius 3 is 2.85 bits per heavy atom. The van der Waals surface area contributed by atoms with E-state index in [9.17, 15) is 0 Å². The molecule has 0 saturated carbocycles. The predicted octanol–water partition coefficient (Wildman–Crippen LogP) is 1.65. The third-order valence-corrected chi connectivity index (χ3v) is 1.32. The lowest BCUT2D eigenvalue weighted by atomic mass is 10.3. The first kappa shape index (κ1) is 9.25. The lowest BCUT2D eigenvalue weighted by molar-refractivity contribution is -0.134. The van der Waals surface area contributed by atoms with Gasteiger partial charge < -0.3 is 10.1 Å². The normalized spacial score (nSPS) is 9.00. The van der Waals surface area contributed by atoms with Crippen molar-refractivity contribution in [3.8, 4) is 0 Å². The van der Waals surface area contributed by atoms with E-state index in [1.807, 2.05) is 24.4 Å². The summed E-state index contributed by atoms with van der Waals surface area (Å²) in [4.78, 5) is 16.1. The average molecular weight is 178 g/mol. The van der Waals surface area contributed by atoms with E-state index in [0.717, 1.165) is 18.0 Å². The molecule has 2 N–H and O–H groups in total. The number of fused-ring (bicyclic) bond motifs is 1. The number of rotatable bonds is 0. The Labute approximate surface area is 75.2 Å². The number of aromatic nitrogens is 2. The summed E-state index contributed by atoms with van der Waals surface area (Å²) < 4.78 is 0. The Bertz CT molecular complexity index is 361. The van der Waals surface area contributed by atoms with E-state index in [1.165, 1.54) is 0 Å². The van der Waals surface area contributed by atoms with Crippen LogP contribution in [0.5, 0.6) is 0 Å². The molecular formula is C9H10N2O2. The zero-order chi connectivity index (χ0) is 9.68. The molecule has 2 aromatic rings. The van der Waals surface area contributed by atoms with Gasteiger partial charge in [-0.1, -0.05) is 0 Å². The summed E-state index contributed by atoms with van der Waals surface area (Å²) in [6.07, 6.45) is 3.66. The molecule has 0 atom stereocenters. The van der Waals surface area contributed by atoms with E-state index in [1.54, 1.807) is 6.20 Å². The highest BCUT2D eigenvalue weighted by atomic mass is 16.4. The van der Waals surface area contributed by atoms with Crippen LogP contribution in [0.2, 0.25) is 0 Å². The summed E-state index contributed by atoms with van der Waals surface area (Å²) in [5.41, 5.74) is 0.956. The number of hydrogen-bond acceptors (Lipinski definition) is 2. The smallest absolute Gasteiger partial charge is 0.300 e. The van der Waals surface area contributed by atoms with Crippen LogP contribution in [0.4, 0.5) is 0 Å². The highest BCUT2D eigenvalue weighted by molar-refractivity contribution is 5.74. The Morgan fingerprint density at radius 1 is 1.54 bits per heavy atom. The molecule has 0 aromatic carbocycles. The fraction of sp³-hybridized carbons (Fsp3) is 0.111. The van der Waals surface area contributed by atoms with Crippen LogP contribution in [0.1, 0.15) is 6.92 Å². The summed E-state index contributed by atoms with van der Waals surface area (Å²) in [5, 5.41) is 8.58. The van der Waals surface area contributed by atoms with Gasteiger partial charge in [-0.25, -0.2) is 4.98 Å². The minimum absolute atomic E-state index is 0.833. The van der Waals surface area contributed by atoms with E-state index in [2.05, 4.69) is 9.97 Å². The van der Waals surface area contributed by atoms with Gasteiger partial charge in [0.15, 0.2) is 0 Å². The van der Waals surface area contributed by atoms with Crippen LogP contribution in [0, 0.1) is 0 Å². The number of nitrogens with one attached hydrogen (secondary N) is 1. The maximum atomic E-state index is 9.00. The number of hydrogen-bond donors (Lipinski definition) is 2.